The number of H-pyrrole nitrogens is 1. The smallest absolute Gasteiger partial charge is 0.319 e. The summed E-state index contributed by atoms with van der Waals surface area (Å²) in [5, 5.41) is 0. The molecule has 12 heavy (non-hydrogen) atoms. The number of nitrogens with two attached hydrogens (primary N) is 1. The molecule has 2 amide bonds. The zero-order valence-corrected chi connectivity index (χ0v) is 6.32. The van der Waals surface area contributed by atoms with E-state index >= 15 is 0 Å². The Bertz CT molecular complexity index is 341. The lowest BCUT2D eigenvalue weighted by molar-refractivity contribution is 0.222. The van der Waals surface area contributed by atoms with Gasteiger partial charge in [0.2, 0.25) is 0 Å². The third kappa shape index (κ3) is 0.952. The van der Waals surface area contributed by atoms with Gasteiger partial charge in [-0.05, 0) is 6.08 Å². The van der Waals surface area contributed by atoms with Crippen LogP contribution in [0.4, 0.5) is 4.79 Å². The summed E-state index contributed by atoms with van der Waals surface area (Å²) in [6, 6.07) is -0.458. The Kier molecular flexibility index (Phi) is 1.36. The number of urea groups is 1. The van der Waals surface area contributed by atoms with Gasteiger partial charge in [0, 0.05) is 6.20 Å². The maximum absolute atomic E-state index is 10.7. The Balaban J connectivity index is 2.30. The van der Waals surface area contributed by atoms with E-state index in [4.69, 9.17) is 5.73 Å². The van der Waals surface area contributed by atoms with Gasteiger partial charge in [-0.15, -0.1) is 0 Å². The molecule has 0 atom stereocenters. The van der Waals surface area contributed by atoms with Crippen molar-refractivity contribution in [1.82, 2.24) is 14.9 Å². The van der Waals surface area contributed by atoms with E-state index in [1.54, 1.807) is 18.6 Å². The average molecular weight is 164 g/mol. The molecule has 0 aliphatic carbocycles. The van der Waals surface area contributed by atoms with Gasteiger partial charge in [-0.1, -0.05) is 0 Å². The van der Waals surface area contributed by atoms with Crippen molar-refractivity contribution < 1.29 is 4.79 Å². The molecule has 0 saturated heterocycles. The van der Waals surface area contributed by atoms with E-state index in [0.717, 1.165) is 11.4 Å². The van der Waals surface area contributed by atoms with Gasteiger partial charge in [-0.25, -0.2) is 9.78 Å². The quantitative estimate of drug-likeness (QED) is 0.577. The number of aromatic amines is 1. The first-order valence-electron chi connectivity index (χ1n) is 3.54. The minimum absolute atomic E-state index is 0.449. The predicted molar refractivity (Wildman–Crippen MR) is 42.7 cm³/mol. The van der Waals surface area contributed by atoms with E-state index in [2.05, 4.69) is 9.97 Å². The number of rotatable bonds is 0. The molecule has 2 heterocycles. The number of amides is 2. The van der Waals surface area contributed by atoms with Crippen LogP contribution in [0.2, 0.25) is 0 Å². The molecule has 0 radical (unpaired) electrons. The van der Waals surface area contributed by atoms with Crippen LogP contribution in [0, 0.1) is 0 Å². The third-order valence-corrected chi connectivity index (χ3v) is 1.78. The van der Waals surface area contributed by atoms with Gasteiger partial charge in [0.1, 0.15) is 0 Å². The summed E-state index contributed by atoms with van der Waals surface area (Å²) < 4.78 is 0. The van der Waals surface area contributed by atoms with Crippen LogP contribution in [-0.4, -0.2) is 20.9 Å². The topological polar surface area (TPSA) is 75.0 Å². The second-order valence-corrected chi connectivity index (χ2v) is 2.54. The molecule has 1 aromatic rings. The second-order valence-electron chi connectivity index (χ2n) is 2.54. The largest absolute Gasteiger partial charge is 0.351 e. The lowest BCUT2D eigenvalue weighted by Gasteiger charge is -2.17. The van der Waals surface area contributed by atoms with E-state index in [0.29, 0.717) is 6.54 Å². The third-order valence-electron chi connectivity index (χ3n) is 1.78. The zero-order chi connectivity index (χ0) is 8.55. The molecule has 5 heteroatoms. The lowest BCUT2D eigenvalue weighted by atomic mass is 10.2. The molecule has 0 aromatic carbocycles. The highest BCUT2D eigenvalue weighted by atomic mass is 16.2. The molecular weight excluding hydrogens is 156 g/mol. The van der Waals surface area contributed by atoms with Crippen LogP contribution in [0.3, 0.4) is 0 Å². The maximum Gasteiger partial charge on any atom is 0.319 e. The molecule has 0 spiro atoms. The summed E-state index contributed by atoms with van der Waals surface area (Å²) in [6.07, 6.45) is 5.01. The monoisotopic (exact) mass is 164 g/mol. The highest BCUT2D eigenvalue weighted by Crippen LogP contribution is 2.14. The van der Waals surface area contributed by atoms with E-state index in [1.807, 2.05) is 0 Å². The molecule has 0 fully saturated rings. The number of aromatic nitrogens is 2. The van der Waals surface area contributed by atoms with Crippen LogP contribution in [0.15, 0.2) is 12.5 Å². The Morgan fingerprint density at radius 3 is 3.33 bits per heavy atom. The van der Waals surface area contributed by atoms with E-state index in [9.17, 15) is 4.79 Å². The fourth-order valence-electron chi connectivity index (χ4n) is 1.13. The molecule has 3 N–H and O–H groups in total. The number of fused-ring (bicyclic) bond motifs is 1. The molecule has 1 aliphatic rings. The summed E-state index contributed by atoms with van der Waals surface area (Å²) in [4.78, 5) is 19.1. The van der Waals surface area contributed by atoms with Crippen LogP contribution in [0.5, 0.6) is 0 Å². The van der Waals surface area contributed by atoms with Gasteiger partial charge in [-0.3, -0.25) is 4.90 Å². The molecule has 1 aromatic heterocycles. The SMILES string of the molecule is NC(=O)N1C=Cc2[nH]cnc2C1. The van der Waals surface area contributed by atoms with Crippen LogP contribution < -0.4 is 5.73 Å². The Hall–Kier alpha value is -1.78. The second kappa shape index (κ2) is 2.37. The number of hydrogen-bond donors (Lipinski definition) is 2. The Morgan fingerprint density at radius 2 is 2.58 bits per heavy atom. The molecule has 62 valence electrons. The van der Waals surface area contributed by atoms with Crippen LogP contribution >= 0.6 is 0 Å². The normalized spacial score (nSPS) is 14.5. The number of carbonyl (C=O) groups is 1. The summed E-state index contributed by atoms with van der Waals surface area (Å²) in [5.74, 6) is 0. The first kappa shape index (κ1) is 6.90. The standard InChI is InChI=1S/C7H8N4O/c8-7(12)11-2-1-5-6(3-11)10-4-9-5/h1-2,4H,3H2,(H2,8,12)(H,9,10). The number of hydrogen-bond acceptors (Lipinski definition) is 2. The van der Waals surface area contributed by atoms with Crippen molar-refractivity contribution in [2.75, 3.05) is 0 Å². The number of imidazole rings is 1. The van der Waals surface area contributed by atoms with Gasteiger partial charge >= 0.3 is 6.03 Å². The predicted octanol–water partition coefficient (Wildman–Crippen LogP) is 0.275. The van der Waals surface area contributed by atoms with E-state index in [1.165, 1.54) is 4.90 Å². The van der Waals surface area contributed by atoms with Gasteiger partial charge in [0.25, 0.3) is 0 Å². The van der Waals surface area contributed by atoms with Crippen LogP contribution in [0.1, 0.15) is 11.4 Å². The van der Waals surface area contributed by atoms with Gasteiger partial charge < -0.3 is 10.7 Å². The van der Waals surface area contributed by atoms with Crippen molar-refractivity contribution in [2.45, 2.75) is 6.54 Å². The van der Waals surface area contributed by atoms with Crippen molar-refractivity contribution in [3.8, 4) is 0 Å². The summed E-state index contributed by atoms with van der Waals surface area (Å²) in [7, 11) is 0. The molecule has 1 aliphatic heterocycles. The molecular formula is C7H8N4O. The van der Waals surface area contributed by atoms with Crippen molar-refractivity contribution in [2.24, 2.45) is 5.73 Å². The van der Waals surface area contributed by atoms with Gasteiger partial charge in [0.15, 0.2) is 0 Å². The molecule has 5 nitrogen and oxygen atoms in total. The zero-order valence-electron chi connectivity index (χ0n) is 6.32. The fourth-order valence-corrected chi connectivity index (χ4v) is 1.13. The Labute approximate surface area is 68.9 Å². The number of nitrogens with zero attached hydrogens (tertiary/aromatic N) is 2. The van der Waals surface area contributed by atoms with Crippen LogP contribution in [0.25, 0.3) is 6.08 Å². The first-order valence-corrected chi connectivity index (χ1v) is 3.54. The maximum atomic E-state index is 10.7. The van der Waals surface area contributed by atoms with E-state index in [-0.39, 0.29) is 0 Å². The molecule has 0 bridgehead atoms. The summed E-state index contributed by atoms with van der Waals surface area (Å²) >= 11 is 0. The molecule has 0 unspecified atom stereocenters. The fraction of sp³-hybridized carbons (Fsp3) is 0.143. The highest BCUT2D eigenvalue weighted by Gasteiger charge is 2.15. The van der Waals surface area contributed by atoms with Gasteiger partial charge in [0.05, 0.1) is 24.3 Å². The van der Waals surface area contributed by atoms with Crippen LogP contribution in [-0.2, 0) is 6.54 Å². The number of carbonyl (C=O) groups excluding carboxylic acids is 1. The number of nitrogens with one attached hydrogen (secondary N) is 1. The van der Waals surface area contributed by atoms with Gasteiger partial charge in [-0.2, -0.15) is 0 Å². The minimum Gasteiger partial charge on any atom is -0.351 e. The lowest BCUT2D eigenvalue weighted by Crippen LogP contribution is -2.32. The minimum atomic E-state index is -0.458. The highest BCUT2D eigenvalue weighted by molar-refractivity contribution is 5.75. The van der Waals surface area contributed by atoms with E-state index < -0.39 is 6.03 Å². The molecule has 2 rings (SSSR count). The van der Waals surface area contributed by atoms with Crippen molar-refractivity contribution in [3.05, 3.63) is 23.9 Å². The van der Waals surface area contributed by atoms with Crippen molar-refractivity contribution in [1.29, 1.82) is 0 Å². The first-order chi connectivity index (χ1) is 5.77. The number of primary amides is 1. The summed E-state index contributed by atoms with van der Waals surface area (Å²) in [5.41, 5.74) is 6.87. The molecule has 0 saturated carbocycles. The summed E-state index contributed by atoms with van der Waals surface area (Å²) in [6.45, 7) is 0.449. The average Bonchev–Trinajstić information content (AvgIpc) is 2.49. The van der Waals surface area contributed by atoms with Crippen molar-refractivity contribution >= 4 is 12.1 Å². The van der Waals surface area contributed by atoms with Crippen molar-refractivity contribution in [3.63, 3.8) is 0 Å². The Morgan fingerprint density at radius 1 is 1.75 bits per heavy atom.